The van der Waals surface area contributed by atoms with Gasteiger partial charge >= 0.3 is 6.18 Å². The Morgan fingerprint density at radius 3 is 2.52 bits per heavy atom. The van der Waals surface area contributed by atoms with E-state index in [0.717, 1.165) is 6.07 Å². The Bertz CT molecular complexity index is 1050. The third-order valence-corrected chi connectivity index (χ3v) is 5.18. The van der Waals surface area contributed by atoms with Crippen molar-refractivity contribution in [3.63, 3.8) is 0 Å². The van der Waals surface area contributed by atoms with Gasteiger partial charge in [0.1, 0.15) is 5.82 Å². The fourth-order valence-electron chi connectivity index (χ4n) is 2.46. The number of nitrogens with one attached hydrogen (secondary N) is 1. The Kier molecular flexibility index (Phi) is 5.03. The second-order valence-corrected chi connectivity index (χ2v) is 7.33. The van der Waals surface area contributed by atoms with E-state index in [-0.39, 0.29) is 12.6 Å². The van der Waals surface area contributed by atoms with Crippen molar-refractivity contribution in [3.05, 3.63) is 78.1 Å². The first-order chi connectivity index (χ1) is 12.7. The van der Waals surface area contributed by atoms with Crippen LogP contribution in [0.3, 0.4) is 0 Å². The van der Waals surface area contributed by atoms with Crippen molar-refractivity contribution in [2.75, 3.05) is 0 Å². The minimum Gasteiger partial charge on any atom is -0.306 e. The zero-order valence-electron chi connectivity index (χ0n) is 13.6. The van der Waals surface area contributed by atoms with E-state index in [2.05, 4.69) is 9.71 Å². The van der Waals surface area contributed by atoms with Crippen LogP contribution in [-0.2, 0) is 22.7 Å². The topological polar surface area (TPSA) is 64.0 Å². The number of rotatable bonds is 5. The monoisotopic (exact) mass is 399 g/mol. The van der Waals surface area contributed by atoms with E-state index in [1.807, 2.05) is 0 Å². The van der Waals surface area contributed by atoms with Gasteiger partial charge in [-0.3, -0.25) is 0 Å². The Morgan fingerprint density at radius 2 is 1.85 bits per heavy atom. The molecule has 3 rings (SSSR count). The fourth-order valence-corrected chi connectivity index (χ4v) is 3.49. The minimum absolute atomic E-state index is 0.171. The molecule has 0 saturated heterocycles. The first-order valence-corrected chi connectivity index (χ1v) is 9.09. The van der Waals surface area contributed by atoms with Crippen LogP contribution in [0.15, 0.2) is 66.1 Å². The van der Waals surface area contributed by atoms with E-state index in [1.165, 1.54) is 6.33 Å². The van der Waals surface area contributed by atoms with Gasteiger partial charge < -0.3 is 4.57 Å². The number of sulfonamides is 1. The van der Waals surface area contributed by atoms with Crippen LogP contribution < -0.4 is 4.72 Å². The van der Waals surface area contributed by atoms with E-state index < -0.39 is 32.5 Å². The van der Waals surface area contributed by atoms with Gasteiger partial charge in [0.2, 0.25) is 10.0 Å². The summed E-state index contributed by atoms with van der Waals surface area (Å²) in [7, 11) is -4.29. The number of benzene rings is 2. The summed E-state index contributed by atoms with van der Waals surface area (Å²) in [6, 6.07) is 8.41. The van der Waals surface area contributed by atoms with E-state index in [0.29, 0.717) is 17.3 Å². The molecule has 0 aliphatic rings. The maximum Gasteiger partial charge on any atom is 0.419 e. The predicted octanol–water partition coefficient (Wildman–Crippen LogP) is 3.51. The zero-order valence-corrected chi connectivity index (χ0v) is 14.4. The van der Waals surface area contributed by atoms with Gasteiger partial charge in [0.25, 0.3) is 0 Å². The number of halogens is 4. The van der Waals surface area contributed by atoms with Crippen LogP contribution >= 0.6 is 0 Å². The number of para-hydroxylation sites is 1. The molecule has 0 aliphatic heterocycles. The lowest BCUT2D eigenvalue weighted by atomic mass is 10.2. The maximum absolute atomic E-state index is 13.4. The van der Waals surface area contributed by atoms with Gasteiger partial charge in [-0.15, -0.1) is 0 Å². The third-order valence-electron chi connectivity index (χ3n) is 3.78. The van der Waals surface area contributed by atoms with Gasteiger partial charge in [-0.2, -0.15) is 13.2 Å². The number of hydrogen-bond donors (Lipinski definition) is 1. The number of nitrogens with zero attached hydrogens (tertiary/aromatic N) is 2. The van der Waals surface area contributed by atoms with Crippen molar-refractivity contribution in [1.82, 2.24) is 14.3 Å². The quantitative estimate of drug-likeness (QED) is 0.668. The molecule has 0 aliphatic carbocycles. The lowest BCUT2D eigenvalue weighted by Gasteiger charge is -2.13. The number of hydrogen-bond acceptors (Lipinski definition) is 3. The van der Waals surface area contributed by atoms with Crippen LogP contribution in [0, 0.1) is 5.82 Å². The average Bonchev–Trinajstić information content (AvgIpc) is 3.14. The van der Waals surface area contributed by atoms with Crippen LogP contribution in [0.1, 0.15) is 11.1 Å². The summed E-state index contributed by atoms with van der Waals surface area (Å²) in [5.74, 6) is -1.54. The van der Waals surface area contributed by atoms with Crippen LogP contribution in [-0.4, -0.2) is 18.0 Å². The van der Waals surface area contributed by atoms with Crippen LogP contribution in [0.2, 0.25) is 0 Å². The van der Waals surface area contributed by atoms with Crippen LogP contribution in [0.5, 0.6) is 0 Å². The summed E-state index contributed by atoms with van der Waals surface area (Å²) >= 11 is 0. The standard InChI is InChI=1S/C17H13F4N3O2S/c18-15-6-5-13(9-14(15)17(19,20)21)27(25,26)23-10-12-3-1-2-4-16(12)24-8-7-22-11-24/h1-9,11,23H,10H2. The number of imidazole rings is 1. The molecule has 1 heterocycles. The smallest absolute Gasteiger partial charge is 0.306 e. The summed E-state index contributed by atoms with van der Waals surface area (Å²) in [4.78, 5) is 3.25. The second-order valence-electron chi connectivity index (χ2n) is 5.56. The van der Waals surface area contributed by atoms with E-state index >= 15 is 0 Å². The van der Waals surface area contributed by atoms with E-state index in [9.17, 15) is 26.0 Å². The van der Waals surface area contributed by atoms with E-state index in [4.69, 9.17) is 0 Å². The predicted molar refractivity (Wildman–Crippen MR) is 89.0 cm³/mol. The van der Waals surface area contributed by atoms with Crippen LogP contribution in [0.4, 0.5) is 17.6 Å². The maximum atomic E-state index is 13.4. The Labute approximate surface area is 152 Å². The third kappa shape index (κ3) is 4.17. The molecule has 0 bridgehead atoms. The molecule has 0 saturated carbocycles. The molecular formula is C17H13F4N3O2S. The number of aromatic nitrogens is 2. The highest BCUT2D eigenvalue weighted by Gasteiger charge is 2.35. The first-order valence-electron chi connectivity index (χ1n) is 7.61. The Hall–Kier alpha value is -2.72. The second kappa shape index (κ2) is 7.12. The van der Waals surface area contributed by atoms with E-state index in [1.54, 1.807) is 41.2 Å². The molecule has 1 aromatic heterocycles. The van der Waals surface area contributed by atoms with Gasteiger partial charge in [0.05, 0.1) is 22.5 Å². The van der Waals surface area contributed by atoms with Crippen molar-refractivity contribution < 1.29 is 26.0 Å². The fraction of sp³-hybridized carbons (Fsp3) is 0.118. The number of alkyl halides is 3. The molecule has 0 unspecified atom stereocenters. The summed E-state index contributed by atoms with van der Waals surface area (Å²) in [5, 5.41) is 0. The lowest BCUT2D eigenvalue weighted by Crippen LogP contribution is -2.24. The molecule has 5 nitrogen and oxygen atoms in total. The molecule has 0 radical (unpaired) electrons. The molecule has 0 atom stereocenters. The largest absolute Gasteiger partial charge is 0.419 e. The summed E-state index contributed by atoms with van der Waals surface area (Å²) < 4.78 is 80.5. The highest BCUT2D eigenvalue weighted by Crippen LogP contribution is 2.32. The zero-order chi connectivity index (χ0) is 19.7. The normalized spacial score (nSPS) is 12.3. The summed E-state index contributed by atoms with van der Waals surface area (Å²) in [6.45, 7) is -0.171. The molecule has 0 spiro atoms. The molecule has 2 aromatic carbocycles. The lowest BCUT2D eigenvalue weighted by molar-refractivity contribution is -0.140. The minimum atomic E-state index is -5.00. The van der Waals surface area contributed by atoms with Crippen molar-refractivity contribution in [2.24, 2.45) is 0 Å². The molecule has 0 fully saturated rings. The summed E-state index contributed by atoms with van der Waals surface area (Å²) in [5.41, 5.74) is -0.394. The highest BCUT2D eigenvalue weighted by atomic mass is 32.2. The highest BCUT2D eigenvalue weighted by molar-refractivity contribution is 7.89. The molecule has 0 amide bonds. The first kappa shape index (κ1) is 19.1. The van der Waals surface area contributed by atoms with Gasteiger partial charge in [-0.25, -0.2) is 22.5 Å². The van der Waals surface area contributed by atoms with Crippen molar-refractivity contribution in [2.45, 2.75) is 17.6 Å². The Morgan fingerprint density at radius 1 is 1.11 bits per heavy atom. The molecule has 142 valence electrons. The molecule has 27 heavy (non-hydrogen) atoms. The molecule has 1 N–H and O–H groups in total. The van der Waals surface area contributed by atoms with Crippen molar-refractivity contribution >= 4 is 10.0 Å². The average molecular weight is 399 g/mol. The van der Waals surface area contributed by atoms with Crippen molar-refractivity contribution in [3.8, 4) is 5.69 Å². The van der Waals surface area contributed by atoms with Gasteiger partial charge in [0, 0.05) is 18.9 Å². The molecule has 10 heteroatoms. The SMILES string of the molecule is O=S(=O)(NCc1ccccc1-n1ccnc1)c1ccc(F)c(C(F)(F)F)c1. The molecular weight excluding hydrogens is 386 g/mol. The van der Waals surface area contributed by atoms with Gasteiger partial charge in [-0.1, -0.05) is 18.2 Å². The van der Waals surface area contributed by atoms with Crippen molar-refractivity contribution in [1.29, 1.82) is 0 Å². The Balaban J connectivity index is 1.87. The van der Waals surface area contributed by atoms with Gasteiger partial charge in [0.15, 0.2) is 0 Å². The summed E-state index contributed by atoms with van der Waals surface area (Å²) in [6.07, 6.45) is -0.242. The molecule has 3 aromatic rings. The van der Waals surface area contributed by atoms with Gasteiger partial charge in [-0.05, 0) is 29.8 Å². The van der Waals surface area contributed by atoms with Crippen LogP contribution in [0.25, 0.3) is 5.69 Å².